The Kier molecular flexibility index (Phi) is 4.93. The van der Waals surface area contributed by atoms with Crippen LogP contribution in [0, 0.1) is 0 Å². The van der Waals surface area contributed by atoms with Crippen LogP contribution < -0.4 is 0 Å². The summed E-state index contributed by atoms with van der Waals surface area (Å²) < 4.78 is 0. The van der Waals surface area contributed by atoms with Crippen LogP contribution in [0.3, 0.4) is 0 Å². The first kappa shape index (κ1) is 12.8. The molecule has 0 spiro atoms. The minimum absolute atomic E-state index is 0.107. The monoisotopic (exact) mass is 230 g/mol. The lowest BCUT2D eigenvalue weighted by Gasteiger charge is -2.37. The molecule has 0 aliphatic carbocycles. The molecule has 1 fully saturated rings. The van der Waals surface area contributed by atoms with Crippen LogP contribution in [0.15, 0.2) is 0 Å². The first-order valence-corrected chi connectivity index (χ1v) is 6.90. The summed E-state index contributed by atoms with van der Waals surface area (Å²) in [5.74, 6) is 0.297. The van der Waals surface area contributed by atoms with Crippen molar-refractivity contribution in [1.29, 1.82) is 0 Å². The van der Waals surface area contributed by atoms with Crippen molar-refractivity contribution < 1.29 is 4.79 Å². The normalized spacial score (nSPS) is 20.7. The summed E-state index contributed by atoms with van der Waals surface area (Å²) in [6.07, 6.45) is 1.99. The fourth-order valence-corrected chi connectivity index (χ4v) is 2.17. The third kappa shape index (κ3) is 3.38. The molecule has 88 valence electrons. The van der Waals surface area contributed by atoms with Crippen LogP contribution in [-0.4, -0.2) is 59.4 Å². The maximum absolute atomic E-state index is 11.9. The van der Waals surface area contributed by atoms with Crippen molar-refractivity contribution in [2.75, 3.05) is 32.4 Å². The van der Waals surface area contributed by atoms with Gasteiger partial charge in [-0.15, -0.1) is 0 Å². The van der Waals surface area contributed by atoms with Crippen molar-refractivity contribution >= 4 is 17.7 Å². The maximum Gasteiger partial charge on any atom is 0.235 e. The molecule has 0 saturated carbocycles. The topological polar surface area (TPSA) is 23.6 Å². The van der Waals surface area contributed by atoms with Gasteiger partial charge in [0.25, 0.3) is 0 Å². The molecule has 0 aromatic carbocycles. The number of hydrogen-bond donors (Lipinski definition) is 0. The number of amides is 1. The van der Waals surface area contributed by atoms with Crippen molar-refractivity contribution in [2.45, 2.75) is 32.1 Å². The van der Waals surface area contributed by atoms with E-state index < -0.39 is 0 Å². The van der Waals surface area contributed by atoms with Gasteiger partial charge >= 0.3 is 0 Å². The Morgan fingerprint density at radius 2 is 1.67 bits per heavy atom. The van der Waals surface area contributed by atoms with Crippen LogP contribution in [0.1, 0.15) is 20.8 Å². The summed E-state index contributed by atoms with van der Waals surface area (Å²) in [6, 6.07) is 0.597. The van der Waals surface area contributed by atoms with E-state index in [4.69, 9.17) is 0 Å². The molecular weight excluding hydrogens is 208 g/mol. The molecule has 3 nitrogen and oxygen atoms in total. The summed E-state index contributed by atoms with van der Waals surface area (Å²) >= 11 is 1.63. The zero-order valence-corrected chi connectivity index (χ0v) is 11.0. The predicted molar refractivity (Wildman–Crippen MR) is 66.3 cm³/mol. The maximum atomic E-state index is 11.9. The van der Waals surface area contributed by atoms with E-state index in [2.05, 4.69) is 18.7 Å². The van der Waals surface area contributed by atoms with Gasteiger partial charge in [0.05, 0.1) is 5.25 Å². The van der Waals surface area contributed by atoms with Crippen molar-refractivity contribution in [1.82, 2.24) is 9.80 Å². The molecule has 1 unspecified atom stereocenters. The van der Waals surface area contributed by atoms with Crippen LogP contribution in [0.25, 0.3) is 0 Å². The Bertz CT molecular complexity index is 213. The smallest absolute Gasteiger partial charge is 0.235 e. The fraction of sp³-hybridized carbons (Fsp3) is 0.909. The van der Waals surface area contributed by atoms with E-state index in [0.29, 0.717) is 11.9 Å². The number of thioether (sulfide) groups is 1. The lowest BCUT2D eigenvalue weighted by molar-refractivity contribution is -0.132. The molecule has 1 aliphatic rings. The second-order valence-electron chi connectivity index (χ2n) is 4.33. The molecule has 0 aromatic heterocycles. The van der Waals surface area contributed by atoms with Crippen molar-refractivity contribution in [3.8, 4) is 0 Å². The third-order valence-corrected chi connectivity index (χ3v) is 3.97. The molecule has 0 N–H and O–H groups in total. The molecule has 0 radical (unpaired) electrons. The number of piperazine rings is 1. The van der Waals surface area contributed by atoms with Gasteiger partial charge in [0.1, 0.15) is 0 Å². The summed E-state index contributed by atoms with van der Waals surface area (Å²) in [6.45, 7) is 10.2. The summed E-state index contributed by atoms with van der Waals surface area (Å²) in [4.78, 5) is 16.3. The number of carbonyl (C=O) groups excluding carboxylic acids is 1. The largest absolute Gasteiger partial charge is 0.339 e. The highest BCUT2D eigenvalue weighted by molar-refractivity contribution is 7.99. The van der Waals surface area contributed by atoms with Crippen molar-refractivity contribution in [3.05, 3.63) is 0 Å². The van der Waals surface area contributed by atoms with E-state index in [1.54, 1.807) is 11.8 Å². The molecule has 1 atom stereocenters. The zero-order valence-electron chi connectivity index (χ0n) is 10.2. The van der Waals surface area contributed by atoms with Gasteiger partial charge < -0.3 is 4.90 Å². The van der Waals surface area contributed by atoms with E-state index >= 15 is 0 Å². The Morgan fingerprint density at radius 3 is 2.07 bits per heavy atom. The first-order chi connectivity index (χ1) is 7.06. The van der Waals surface area contributed by atoms with E-state index in [9.17, 15) is 4.79 Å². The first-order valence-electron chi connectivity index (χ1n) is 5.62. The highest BCUT2D eigenvalue weighted by atomic mass is 32.2. The van der Waals surface area contributed by atoms with Gasteiger partial charge in [0.2, 0.25) is 5.91 Å². The standard InChI is InChI=1S/C11H22N2OS/c1-9(2)12-5-7-13(8-6-12)11(14)10(3)15-4/h9-10H,5-8H2,1-4H3. The van der Waals surface area contributed by atoms with E-state index in [1.807, 2.05) is 18.1 Å². The van der Waals surface area contributed by atoms with Gasteiger partial charge in [-0.2, -0.15) is 11.8 Å². The lowest BCUT2D eigenvalue weighted by atomic mass is 10.2. The van der Waals surface area contributed by atoms with Crippen LogP contribution in [-0.2, 0) is 4.79 Å². The average molecular weight is 230 g/mol. The Morgan fingerprint density at radius 1 is 1.13 bits per heavy atom. The third-order valence-electron chi connectivity index (χ3n) is 3.06. The van der Waals surface area contributed by atoms with Crippen LogP contribution in [0.5, 0.6) is 0 Å². The van der Waals surface area contributed by atoms with Crippen LogP contribution in [0.2, 0.25) is 0 Å². The number of carbonyl (C=O) groups is 1. The van der Waals surface area contributed by atoms with Crippen LogP contribution >= 0.6 is 11.8 Å². The number of nitrogens with zero attached hydrogens (tertiary/aromatic N) is 2. The van der Waals surface area contributed by atoms with Gasteiger partial charge in [-0.25, -0.2) is 0 Å². The molecule has 15 heavy (non-hydrogen) atoms. The van der Waals surface area contributed by atoms with Gasteiger partial charge in [-0.1, -0.05) is 0 Å². The molecule has 0 aromatic rings. The quantitative estimate of drug-likeness (QED) is 0.730. The van der Waals surface area contributed by atoms with E-state index in [1.165, 1.54) is 0 Å². The van der Waals surface area contributed by atoms with Crippen molar-refractivity contribution in [3.63, 3.8) is 0 Å². The summed E-state index contributed by atoms with van der Waals surface area (Å²) in [5.41, 5.74) is 0. The fourth-order valence-electron chi connectivity index (χ4n) is 1.82. The molecule has 1 amide bonds. The number of hydrogen-bond acceptors (Lipinski definition) is 3. The van der Waals surface area contributed by atoms with E-state index in [-0.39, 0.29) is 5.25 Å². The van der Waals surface area contributed by atoms with Gasteiger partial charge in [0.15, 0.2) is 0 Å². The molecule has 0 bridgehead atoms. The molecule has 1 rings (SSSR count). The molecule has 1 saturated heterocycles. The van der Waals surface area contributed by atoms with Crippen molar-refractivity contribution in [2.24, 2.45) is 0 Å². The van der Waals surface area contributed by atoms with E-state index in [0.717, 1.165) is 26.2 Å². The highest BCUT2D eigenvalue weighted by Crippen LogP contribution is 2.12. The van der Waals surface area contributed by atoms with Gasteiger partial charge in [-0.05, 0) is 27.0 Å². The molecule has 1 heterocycles. The Hall–Kier alpha value is -0.220. The zero-order chi connectivity index (χ0) is 11.4. The minimum atomic E-state index is 0.107. The lowest BCUT2D eigenvalue weighted by Crippen LogP contribution is -2.52. The van der Waals surface area contributed by atoms with Gasteiger partial charge in [-0.3, -0.25) is 9.69 Å². The Labute approximate surface area is 97.2 Å². The minimum Gasteiger partial charge on any atom is -0.339 e. The molecular formula is C11H22N2OS. The van der Waals surface area contributed by atoms with Crippen LogP contribution in [0.4, 0.5) is 0 Å². The number of rotatable bonds is 3. The Balaban J connectivity index is 2.40. The highest BCUT2D eigenvalue weighted by Gasteiger charge is 2.24. The SMILES string of the molecule is CSC(C)C(=O)N1CCN(C(C)C)CC1. The average Bonchev–Trinajstić information content (AvgIpc) is 2.27. The summed E-state index contributed by atoms with van der Waals surface area (Å²) in [7, 11) is 0. The second kappa shape index (κ2) is 5.75. The molecule has 4 heteroatoms. The predicted octanol–water partition coefficient (Wildman–Crippen LogP) is 1.29. The summed E-state index contributed by atoms with van der Waals surface area (Å²) in [5, 5.41) is 0.107. The second-order valence-corrected chi connectivity index (χ2v) is 5.51. The van der Waals surface area contributed by atoms with Gasteiger partial charge in [0, 0.05) is 32.2 Å². The molecule has 1 aliphatic heterocycles.